The molecule has 1 rings (SSSR count). The van der Waals surface area contributed by atoms with Gasteiger partial charge < -0.3 is 0 Å². The van der Waals surface area contributed by atoms with Crippen LogP contribution < -0.4 is 0 Å². The monoisotopic (exact) mass is 265 g/mol. The Morgan fingerprint density at radius 3 is 2.69 bits per heavy atom. The first-order valence-corrected chi connectivity index (χ1v) is 5.92. The van der Waals surface area contributed by atoms with Crippen molar-refractivity contribution < 1.29 is 13.0 Å². The van der Waals surface area contributed by atoms with Crippen molar-refractivity contribution in [2.45, 2.75) is 6.42 Å². The summed E-state index contributed by atoms with van der Waals surface area (Å²) in [5, 5.41) is 0. The molecule has 0 fully saturated rings. The zero-order valence-corrected chi connectivity index (χ0v) is 9.05. The van der Waals surface area contributed by atoms with E-state index in [0.717, 1.165) is 10.0 Å². The van der Waals surface area contributed by atoms with Crippen molar-refractivity contribution in [2.24, 2.45) is 0 Å². The minimum atomic E-state index is -3.88. The van der Waals surface area contributed by atoms with Crippen molar-refractivity contribution in [2.75, 3.05) is 5.75 Å². The van der Waals surface area contributed by atoms with Crippen molar-refractivity contribution in [1.29, 1.82) is 0 Å². The van der Waals surface area contributed by atoms with Gasteiger partial charge in [0.2, 0.25) is 0 Å². The molecule has 0 aromatic carbocycles. The molecule has 0 saturated heterocycles. The smallest absolute Gasteiger partial charge is 0.265 e. The van der Waals surface area contributed by atoms with Crippen molar-refractivity contribution in [3.05, 3.63) is 28.5 Å². The van der Waals surface area contributed by atoms with Crippen molar-refractivity contribution in [3.8, 4) is 0 Å². The highest BCUT2D eigenvalue weighted by atomic mass is 79.9. The molecule has 0 atom stereocenters. The Labute approximate surface area is 84.9 Å². The van der Waals surface area contributed by atoms with Crippen LogP contribution in [0.3, 0.4) is 0 Å². The fourth-order valence-corrected chi connectivity index (χ4v) is 1.75. The second kappa shape index (κ2) is 4.17. The van der Waals surface area contributed by atoms with Gasteiger partial charge in [-0.15, -0.1) is 0 Å². The molecule has 4 nitrogen and oxygen atoms in total. The summed E-state index contributed by atoms with van der Waals surface area (Å²) >= 11 is 3.21. The Bertz CT molecular complexity index is 390. The fraction of sp³-hybridized carbons (Fsp3) is 0.286. The van der Waals surface area contributed by atoms with E-state index in [2.05, 4.69) is 20.9 Å². The molecule has 1 aromatic rings. The Morgan fingerprint density at radius 1 is 1.46 bits per heavy atom. The van der Waals surface area contributed by atoms with Gasteiger partial charge >= 0.3 is 0 Å². The molecule has 72 valence electrons. The van der Waals surface area contributed by atoms with E-state index in [9.17, 15) is 8.42 Å². The minimum absolute atomic E-state index is 0.269. The molecule has 1 heterocycles. The van der Waals surface area contributed by atoms with Crippen LogP contribution in [0.4, 0.5) is 0 Å². The first-order valence-electron chi connectivity index (χ1n) is 3.52. The average Bonchev–Trinajstić information content (AvgIpc) is 2.00. The van der Waals surface area contributed by atoms with Gasteiger partial charge in [-0.05, 0) is 34.0 Å². The van der Waals surface area contributed by atoms with Crippen LogP contribution in [0.25, 0.3) is 0 Å². The summed E-state index contributed by atoms with van der Waals surface area (Å²) in [5.74, 6) is -0.273. The van der Waals surface area contributed by atoms with Gasteiger partial charge in [0.1, 0.15) is 0 Å². The lowest BCUT2D eigenvalue weighted by molar-refractivity contribution is 0.482. The summed E-state index contributed by atoms with van der Waals surface area (Å²) in [6, 6.07) is 1.76. The Hall–Kier alpha value is -0.460. The van der Waals surface area contributed by atoms with E-state index >= 15 is 0 Å². The molecule has 0 aliphatic heterocycles. The van der Waals surface area contributed by atoms with Gasteiger partial charge in [0.25, 0.3) is 10.1 Å². The Balaban J connectivity index is 2.65. The maximum absolute atomic E-state index is 10.4. The zero-order valence-electron chi connectivity index (χ0n) is 6.64. The number of pyridine rings is 1. The van der Waals surface area contributed by atoms with Gasteiger partial charge in [0, 0.05) is 16.9 Å². The standard InChI is InChI=1S/C7H8BrNO3S/c8-7-3-6(4-9-5-7)1-2-13(10,11)12/h3-5H,1-2H2,(H,10,11,12). The van der Waals surface area contributed by atoms with Gasteiger partial charge in [-0.3, -0.25) is 9.54 Å². The van der Waals surface area contributed by atoms with Crippen molar-refractivity contribution >= 4 is 26.0 Å². The topological polar surface area (TPSA) is 67.3 Å². The van der Waals surface area contributed by atoms with Crippen LogP contribution in [0.1, 0.15) is 5.56 Å². The molecular formula is C7H8BrNO3S. The number of aryl methyl sites for hydroxylation is 1. The zero-order chi connectivity index (χ0) is 9.90. The molecule has 0 unspecified atom stereocenters. The summed E-state index contributed by atoms with van der Waals surface area (Å²) in [6.07, 6.45) is 3.44. The van der Waals surface area contributed by atoms with Crippen molar-refractivity contribution in [3.63, 3.8) is 0 Å². The molecule has 0 radical (unpaired) electrons. The predicted molar refractivity (Wildman–Crippen MR) is 52.1 cm³/mol. The summed E-state index contributed by atoms with van der Waals surface area (Å²) < 4.78 is 30.1. The van der Waals surface area contributed by atoms with Crippen LogP contribution in [0.5, 0.6) is 0 Å². The molecule has 0 aliphatic rings. The second-order valence-electron chi connectivity index (χ2n) is 2.55. The predicted octanol–water partition coefficient (Wildman–Crippen LogP) is 1.27. The molecule has 0 bridgehead atoms. The SMILES string of the molecule is O=S(=O)(O)CCc1cncc(Br)c1. The lowest BCUT2D eigenvalue weighted by atomic mass is 10.2. The molecule has 1 aromatic heterocycles. The highest BCUT2D eigenvalue weighted by Gasteiger charge is 2.05. The van der Waals surface area contributed by atoms with E-state index in [-0.39, 0.29) is 12.2 Å². The number of nitrogens with zero attached hydrogens (tertiary/aromatic N) is 1. The minimum Gasteiger partial charge on any atom is -0.286 e. The Morgan fingerprint density at radius 2 is 2.15 bits per heavy atom. The lowest BCUT2D eigenvalue weighted by Crippen LogP contribution is -2.06. The Kier molecular flexibility index (Phi) is 3.40. The highest BCUT2D eigenvalue weighted by molar-refractivity contribution is 9.10. The first-order chi connectivity index (χ1) is 5.97. The van der Waals surface area contributed by atoms with E-state index in [4.69, 9.17) is 4.55 Å². The average molecular weight is 266 g/mol. The third-order valence-corrected chi connectivity index (χ3v) is 2.56. The molecule has 0 amide bonds. The van der Waals surface area contributed by atoms with E-state index in [1.54, 1.807) is 18.5 Å². The van der Waals surface area contributed by atoms with E-state index in [0.29, 0.717) is 0 Å². The van der Waals surface area contributed by atoms with Crippen LogP contribution in [-0.2, 0) is 16.5 Å². The number of aromatic nitrogens is 1. The number of rotatable bonds is 3. The van der Waals surface area contributed by atoms with Gasteiger partial charge in [0.05, 0.1) is 5.75 Å². The van der Waals surface area contributed by atoms with Crippen LogP contribution in [0.2, 0.25) is 0 Å². The third-order valence-electron chi connectivity index (χ3n) is 1.41. The van der Waals surface area contributed by atoms with Crippen LogP contribution in [-0.4, -0.2) is 23.7 Å². The van der Waals surface area contributed by atoms with Gasteiger partial charge in [0.15, 0.2) is 0 Å². The van der Waals surface area contributed by atoms with Crippen LogP contribution in [0.15, 0.2) is 22.9 Å². The third kappa shape index (κ3) is 4.35. The van der Waals surface area contributed by atoms with Crippen LogP contribution >= 0.6 is 15.9 Å². The fourth-order valence-electron chi connectivity index (χ4n) is 0.839. The molecule has 6 heteroatoms. The van der Waals surface area contributed by atoms with E-state index in [1.165, 1.54) is 0 Å². The second-order valence-corrected chi connectivity index (χ2v) is 5.04. The molecular weight excluding hydrogens is 258 g/mol. The lowest BCUT2D eigenvalue weighted by Gasteiger charge is -1.98. The quantitative estimate of drug-likeness (QED) is 0.837. The summed E-state index contributed by atoms with van der Waals surface area (Å²) in [7, 11) is -3.88. The molecule has 0 saturated carbocycles. The molecule has 0 spiro atoms. The van der Waals surface area contributed by atoms with Gasteiger partial charge in [-0.25, -0.2) is 0 Å². The van der Waals surface area contributed by atoms with Crippen molar-refractivity contribution in [1.82, 2.24) is 4.98 Å². The normalized spacial score (nSPS) is 11.5. The summed E-state index contributed by atoms with van der Waals surface area (Å²) in [6.45, 7) is 0. The maximum Gasteiger partial charge on any atom is 0.265 e. The van der Waals surface area contributed by atoms with Gasteiger partial charge in [-0.2, -0.15) is 8.42 Å². The molecule has 1 N–H and O–H groups in total. The summed E-state index contributed by atoms with van der Waals surface area (Å²) in [4.78, 5) is 3.86. The van der Waals surface area contributed by atoms with E-state index in [1.807, 2.05) is 0 Å². The number of halogens is 1. The number of hydrogen-bond acceptors (Lipinski definition) is 3. The molecule has 13 heavy (non-hydrogen) atoms. The first kappa shape index (κ1) is 10.6. The highest BCUT2D eigenvalue weighted by Crippen LogP contribution is 2.10. The largest absolute Gasteiger partial charge is 0.286 e. The summed E-state index contributed by atoms with van der Waals surface area (Å²) in [5.41, 5.74) is 0.770. The van der Waals surface area contributed by atoms with E-state index < -0.39 is 10.1 Å². The van der Waals surface area contributed by atoms with Crippen LogP contribution in [0, 0.1) is 0 Å². The number of hydrogen-bond donors (Lipinski definition) is 1. The maximum atomic E-state index is 10.4. The van der Waals surface area contributed by atoms with Gasteiger partial charge in [-0.1, -0.05) is 0 Å². The molecule has 0 aliphatic carbocycles.